The van der Waals surface area contributed by atoms with Gasteiger partial charge in [0.2, 0.25) is 0 Å². The number of ether oxygens (including phenoxy) is 1. The van der Waals surface area contributed by atoms with E-state index in [1.165, 1.54) is 38.9 Å². The lowest BCUT2D eigenvalue weighted by atomic mass is 9.85. The highest BCUT2D eigenvalue weighted by molar-refractivity contribution is 5.52. The second-order valence-electron chi connectivity index (χ2n) is 5.57. The molecule has 0 N–H and O–H groups in total. The summed E-state index contributed by atoms with van der Waals surface area (Å²) in [6, 6.07) is 10.5. The third-order valence-electron chi connectivity index (χ3n) is 4.66. The maximum Gasteiger partial charge on any atom is 0.108 e. The molecule has 0 saturated carbocycles. The average molecular weight is 268 g/mol. The molecule has 2 aromatic carbocycles. The Kier molecular flexibility index (Phi) is 4.29. The summed E-state index contributed by atoms with van der Waals surface area (Å²) in [5.74, 6) is 0. The second kappa shape index (κ2) is 5.80. The number of rotatable bonds is 3. The average Bonchev–Trinajstić information content (AvgIpc) is 2.48. The summed E-state index contributed by atoms with van der Waals surface area (Å²) in [6.07, 6.45) is 0.00852. The van der Waals surface area contributed by atoms with E-state index in [0.717, 1.165) is 0 Å². The fraction of sp³-hybridized carbons (Fsp3) is 0.368. The molecule has 0 amide bonds. The van der Waals surface area contributed by atoms with Crippen molar-refractivity contribution in [2.24, 2.45) is 0 Å². The summed E-state index contributed by atoms with van der Waals surface area (Å²) < 4.78 is 5.83. The second-order valence-corrected chi connectivity index (χ2v) is 5.57. The summed E-state index contributed by atoms with van der Waals surface area (Å²) >= 11 is 0. The fourth-order valence-electron chi connectivity index (χ4n) is 2.97. The topological polar surface area (TPSA) is 9.23 Å². The van der Waals surface area contributed by atoms with Crippen LogP contribution < -0.4 is 0 Å². The van der Waals surface area contributed by atoms with Crippen LogP contribution in [0, 0.1) is 34.6 Å². The van der Waals surface area contributed by atoms with Crippen LogP contribution in [-0.2, 0) is 4.74 Å². The van der Waals surface area contributed by atoms with Crippen molar-refractivity contribution < 1.29 is 4.74 Å². The zero-order chi connectivity index (χ0) is 14.9. The van der Waals surface area contributed by atoms with Crippen LogP contribution in [0.15, 0.2) is 30.3 Å². The summed E-state index contributed by atoms with van der Waals surface area (Å²) in [5.41, 5.74) is 9.37. The van der Waals surface area contributed by atoms with Gasteiger partial charge in [0.25, 0.3) is 0 Å². The fourth-order valence-corrected chi connectivity index (χ4v) is 2.97. The van der Waals surface area contributed by atoms with Gasteiger partial charge in [-0.1, -0.05) is 30.3 Å². The van der Waals surface area contributed by atoms with Gasteiger partial charge < -0.3 is 4.74 Å². The Labute approximate surface area is 122 Å². The quantitative estimate of drug-likeness (QED) is 0.764. The number of methoxy groups -OCH3 is 1. The highest BCUT2D eigenvalue weighted by Crippen LogP contribution is 2.35. The molecule has 0 heterocycles. The number of hydrogen-bond acceptors (Lipinski definition) is 1. The van der Waals surface area contributed by atoms with E-state index in [1.54, 1.807) is 7.11 Å². The van der Waals surface area contributed by atoms with E-state index in [9.17, 15) is 0 Å². The third kappa shape index (κ3) is 2.38. The van der Waals surface area contributed by atoms with Gasteiger partial charge in [0, 0.05) is 7.11 Å². The maximum absolute atomic E-state index is 5.83. The third-order valence-corrected chi connectivity index (χ3v) is 4.66. The van der Waals surface area contributed by atoms with Crippen LogP contribution in [0.3, 0.4) is 0 Å². The van der Waals surface area contributed by atoms with Gasteiger partial charge in [-0.15, -0.1) is 0 Å². The van der Waals surface area contributed by atoms with Crippen LogP contribution in [0.25, 0.3) is 0 Å². The van der Waals surface area contributed by atoms with Gasteiger partial charge in [-0.3, -0.25) is 0 Å². The zero-order valence-corrected chi connectivity index (χ0v) is 13.4. The molecule has 0 bridgehead atoms. The molecule has 106 valence electrons. The van der Waals surface area contributed by atoms with Crippen molar-refractivity contribution in [3.8, 4) is 0 Å². The van der Waals surface area contributed by atoms with Gasteiger partial charge in [0.15, 0.2) is 0 Å². The Morgan fingerprint density at radius 2 is 1.15 bits per heavy atom. The van der Waals surface area contributed by atoms with Crippen LogP contribution in [0.2, 0.25) is 0 Å². The molecule has 20 heavy (non-hydrogen) atoms. The Morgan fingerprint density at radius 1 is 0.700 bits per heavy atom. The normalized spacial score (nSPS) is 12.5. The minimum Gasteiger partial charge on any atom is -0.372 e. The van der Waals surface area contributed by atoms with E-state index in [2.05, 4.69) is 58.9 Å². The van der Waals surface area contributed by atoms with E-state index in [4.69, 9.17) is 4.74 Å². The van der Waals surface area contributed by atoms with Crippen LogP contribution in [-0.4, -0.2) is 7.11 Å². The first-order valence-electron chi connectivity index (χ1n) is 7.13. The van der Waals surface area contributed by atoms with Crippen LogP contribution >= 0.6 is 0 Å². The lowest BCUT2D eigenvalue weighted by Crippen LogP contribution is -2.11. The van der Waals surface area contributed by atoms with Crippen molar-refractivity contribution >= 4 is 0 Å². The van der Waals surface area contributed by atoms with Gasteiger partial charge in [0.05, 0.1) is 0 Å². The minimum atomic E-state index is 0.00852. The molecule has 0 aliphatic carbocycles. The lowest BCUT2D eigenvalue weighted by molar-refractivity contribution is 0.135. The standard InChI is InChI=1S/C19H24O/c1-12-13(2)15(4)18(16(5)14(12)3)19(20-6)17-10-8-7-9-11-17/h7-11,19H,1-6H3. The van der Waals surface area contributed by atoms with Crippen molar-refractivity contribution in [2.45, 2.75) is 40.7 Å². The predicted octanol–water partition coefficient (Wildman–Crippen LogP) is 4.96. The summed E-state index contributed by atoms with van der Waals surface area (Å²) in [7, 11) is 1.79. The SMILES string of the molecule is COC(c1ccccc1)c1c(C)c(C)c(C)c(C)c1C. The molecule has 0 fully saturated rings. The Morgan fingerprint density at radius 3 is 1.60 bits per heavy atom. The van der Waals surface area contributed by atoms with E-state index < -0.39 is 0 Å². The Bertz CT molecular complexity index is 582. The van der Waals surface area contributed by atoms with Gasteiger partial charge in [-0.2, -0.15) is 0 Å². The molecule has 0 spiro atoms. The Balaban J connectivity index is 2.68. The van der Waals surface area contributed by atoms with Crippen molar-refractivity contribution in [1.82, 2.24) is 0 Å². The highest BCUT2D eigenvalue weighted by atomic mass is 16.5. The monoisotopic (exact) mass is 268 g/mol. The molecule has 0 saturated heterocycles. The minimum absolute atomic E-state index is 0.00852. The first-order valence-corrected chi connectivity index (χ1v) is 7.13. The first-order chi connectivity index (χ1) is 9.49. The summed E-state index contributed by atoms with van der Waals surface area (Å²) in [6.45, 7) is 11.0. The van der Waals surface area contributed by atoms with Gasteiger partial charge in [-0.05, 0) is 73.6 Å². The van der Waals surface area contributed by atoms with E-state index in [1.807, 2.05) is 6.07 Å². The van der Waals surface area contributed by atoms with E-state index >= 15 is 0 Å². The largest absolute Gasteiger partial charge is 0.372 e. The van der Waals surface area contributed by atoms with Crippen LogP contribution in [0.1, 0.15) is 45.0 Å². The van der Waals surface area contributed by atoms with Crippen LogP contribution in [0.4, 0.5) is 0 Å². The zero-order valence-electron chi connectivity index (χ0n) is 13.4. The van der Waals surface area contributed by atoms with E-state index in [0.29, 0.717) is 0 Å². The molecule has 0 aromatic heterocycles. The smallest absolute Gasteiger partial charge is 0.108 e. The van der Waals surface area contributed by atoms with Crippen molar-refractivity contribution in [1.29, 1.82) is 0 Å². The summed E-state index contributed by atoms with van der Waals surface area (Å²) in [4.78, 5) is 0. The van der Waals surface area contributed by atoms with Crippen LogP contribution in [0.5, 0.6) is 0 Å². The van der Waals surface area contributed by atoms with Crippen molar-refractivity contribution in [3.05, 3.63) is 69.3 Å². The molecule has 2 rings (SSSR count). The number of hydrogen-bond donors (Lipinski definition) is 0. The first kappa shape index (κ1) is 14.8. The highest BCUT2D eigenvalue weighted by Gasteiger charge is 2.21. The predicted molar refractivity (Wildman–Crippen MR) is 85.4 cm³/mol. The molecule has 0 aliphatic rings. The molecule has 1 atom stereocenters. The maximum atomic E-state index is 5.83. The molecule has 2 aromatic rings. The van der Waals surface area contributed by atoms with Gasteiger partial charge in [0.1, 0.15) is 6.10 Å². The molecule has 1 heteroatoms. The molecule has 0 radical (unpaired) electrons. The molecule has 0 aliphatic heterocycles. The van der Waals surface area contributed by atoms with Gasteiger partial charge >= 0.3 is 0 Å². The van der Waals surface area contributed by atoms with Crippen molar-refractivity contribution in [3.63, 3.8) is 0 Å². The molecule has 1 unspecified atom stereocenters. The number of benzene rings is 2. The van der Waals surface area contributed by atoms with Gasteiger partial charge in [-0.25, -0.2) is 0 Å². The molecular weight excluding hydrogens is 244 g/mol. The molecule has 1 nitrogen and oxygen atoms in total. The van der Waals surface area contributed by atoms with E-state index in [-0.39, 0.29) is 6.10 Å². The van der Waals surface area contributed by atoms with Crippen molar-refractivity contribution in [2.75, 3.05) is 7.11 Å². The molecular formula is C19H24O. The Hall–Kier alpha value is -1.60. The lowest BCUT2D eigenvalue weighted by Gasteiger charge is -2.25. The summed E-state index contributed by atoms with van der Waals surface area (Å²) in [5, 5.41) is 0.